The number of amides is 1. The Bertz CT molecular complexity index is 759. The number of hydrogen-bond donors (Lipinski definition) is 1. The van der Waals surface area contributed by atoms with E-state index in [1.165, 1.54) is 0 Å². The SMILES string of the molecule is COCCCNC(=O)c1ccc(N2CCN(c3ccccc3OC)CC2)nc1. The Labute approximate surface area is 166 Å². The summed E-state index contributed by atoms with van der Waals surface area (Å²) < 4.78 is 10.5. The summed E-state index contributed by atoms with van der Waals surface area (Å²) in [5, 5.41) is 2.88. The highest BCUT2D eigenvalue weighted by atomic mass is 16.5. The van der Waals surface area contributed by atoms with Gasteiger partial charge in [-0.3, -0.25) is 4.79 Å². The van der Waals surface area contributed by atoms with Gasteiger partial charge in [0.1, 0.15) is 11.6 Å². The van der Waals surface area contributed by atoms with Crippen LogP contribution in [-0.4, -0.2) is 64.4 Å². The molecule has 2 heterocycles. The van der Waals surface area contributed by atoms with Crippen molar-refractivity contribution < 1.29 is 14.3 Å². The predicted molar refractivity (Wildman–Crippen MR) is 110 cm³/mol. The van der Waals surface area contributed by atoms with E-state index in [1.54, 1.807) is 20.4 Å². The van der Waals surface area contributed by atoms with Crippen molar-refractivity contribution in [2.45, 2.75) is 6.42 Å². The minimum absolute atomic E-state index is 0.101. The third-order valence-electron chi connectivity index (χ3n) is 4.85. The van der Waals surface area contributed by atoms with Gasteiger partial charge in [0.2, 0.25) is 0 Å². The number of methoxy groups -OCH3 is 2. The standard InChI is InChI=1S/C21H28N4O3/c1-27-15-5-10-22-21(26)17-8-9-20(23-16-17)25-13-11-24(12-14-25)18-6-3-4-7-19(18)28-2/h3-4,6-9,16H,5,10-15H2,1-2H3,(H,22,26). The lowest BCUT2D eigenvalue weighted by atomic mass is 10.2. The van der Waals surface area contributed by atoms with Gasteiger partial charge in [0.15, 0.2) is 0 Å². The molecule has 1 amide bonds. The van der Waals surface area contributed by atoms with Gasteiger partial charge < -0.3 is 24.6 Å². The van der Waals surface area contributed by atoms with E-state index >= 15 is 0 Å². The molecule has 2 aromatic rings. The first-order chi connectivity index (χ1) is 13.7. The maximum atomic E-state index is 12.1. The molecule has 7 heteroatoms. The molecule has 1 fully saturated rings. The lowest BCUT2D eigenvalue weighted by Crippen LogP contribution is -2.47. The van der Waals surface area contributed by atoms with Gasteiger partial charge in [0, 0.05) is 52.6 Å². The molecule has 1 saturated heterocycles. The number of carbonyl (C=O) groups excluding carboxylic acids is 1. The van der Waals surface area contributed by atoms with Crippen LogP contribution < -0.4 is 19.9 Å². The van der Waals surface area contributed by atoms with Crippen molar-refractivity contribution in [2.75, 3.05) is 63.4 Å². The Morgan fingerprint density at radius 3 is 2.50 bits per heavy atom. The maximum Gasteiger partial charge on any atom is 0.252 e. The highest BCUT2D eigenvalue weighted by Crippen LogP contribution is 2.28. The second kappa shape index (κ2) is 9.94. The summed E-state index contributed by atoms with van der Waals surface area (Å²) >= 11 is 0. The van der Waals surface area contributed by atoms with Gasteiger partial charge in [-0.15, -0.1) is 0 Å². The zero-order valence-corrected chi connectivity index (χ0v) is 16.6. The second-order valence-electron chi connectivity index (χ2n) is 6.65. The van der Waals surface area contributed by atoms with Gasteiger partial charge in [0.05, 0.1) is 18.4 Å². The largest absolute Gasteiger partial charge is 0.495 e. The van der Waals surface area contributed by atoms with Crippen LogP contribution in [0.15, 0.2) is 42.6 Å². The predicted octanol–water partition coefficient (Wildman–Crippen LogP) is 2.18. The second-order valence-corrected chi connectivity index (χ2v) is 6.65. The fraction of sp³-hybridized carbons (Fsp3) is 0.429. The van der Waals surface area contributed by atoms with E-state index in [1.807, 2.05) is 30.3 Å². The molecule has 0 spiro atoms. The monoisotopic (exact) mass is 384 g/mol. The van der Waals surface area contributed by atoms with E-state index in [4.69, 9.17) is 9.47 Å². The number of carbonyl (C=O) groups is 1. The van der Waals surface area contributed by atoms with E-state index in [-0.39, 0.29) is 5.91 Å². The smallest absolute Gasteiger partial charge is 0.252 e. The average Bonchev–Trinajstić information content (AvgIpc) is 2.77. The summed E-state index contributed by atoms with van der Waals surface area (Å²) in [6.07, 6.45) is 2.44. The number of hydrogen-bond acceptors (Lipinski definition) is 6. The Kier molecular flexibility index (Phi) is 7.08. The average molecular weight is 384 g/mol. The molecule has 0 bridgehead atoms. The molecule has 0 atom stereocenters. The summed E-state index contributed by atoms with van der Waals surface area (Å²) in [5.41, 5.74) is 1.70. The lowest BCUT2D eigenvalue weighted by Gasteiger charge is -2.37. The first kappa shape index (κ1) is 19.9. The van der Waals surface area contributed by atoms with Crippen molar-refractivity contribution in [3.05, 3.63) is 48.2 Å². The van der Waals surface area contributed by atoms with E-state index in [9.17, 15) is 4.79 Å². The quantitative estimate of drug-likeness (QED) is 0.704. The van der Waals surface area contributed by atoms with E-state index < -0.39 is 0 Å². The Hall–Kier alpha value is -2.80. The number of piperazine rings is 1. The molecule has 1 aliphatic heterocycles. The van der Waals surface area contributed by atoms with Gasteiger partial charge in [-0.2, -0.15) is 0 Å². The third kappa shape index (κ3) is 4.92. The van der Waals surface area contributed by atoms with Crippen LogP contribution in [-0.2, 0) is 4.74 Å². The molecule has 0 radical (unpaired) electrons. The zero-order valence-electron chi connectivity index (χ0n) is 16.6. The van der Waals surface area contributed by atoms with Crippen LogP contribution in [0.3, 0.4) is 0 Å². The number of anilines is 2. The number of pyridine rings is 1. The van der Waals surface area contributed by atoms with Crippen LogP contribution in [0.1, 0.15) is 16.8 Å². The van der Waals surface area contributed by atoms with Gasteiger partial charge in [0.25, 0.3) is 5.91 Å². The first-order valence-corrected chi connectivity index (χ1v) is 9.59. The summed E-state index contributed by atoms with van der Waals surface area (Å²) in [6, 6.07) is 11.8. The Morgan fingerprint density at radius 2 is 1.82 bits per heavy atom. The summed E-state index contributed by atoms with van der Waals surface area (Å²) in [7, 11) is 3.36. The van der Waals surface area contributed by atoms with Crippen LogP contribution in [0.2, 0.25) is 0 Å². The fourth-order valence-corrected chi connectivity index (χ4v) is 3.30. The molecular weight excluding hydrogens is 356 g/mol. The Balaban J connectivity index is 1.54. The molecule has 1 aromatic carbocycles. The third-order valence-corrected chi connectivity index (χ3v) is 4.85. The van der Waals surface area contributed by atoms with E-state index in [0.717, 1.165) is 49.9 Å². The molecule has 0 saturated carbocycles. The van der Waals surface area contributed by atoms with Crippen molar-refractivity contribution in [1.29, 1.82) is 0 Å². The highest BCUT2D eigenvalue weighted by molar-refractivity contribution is 5.94. The number of nitrogens with zero attached hydrogens (tertiary/aromatic N) is 3. The molecular formula is C21H28N4O3. The van der Waals surface area contributed by atoms with Crippen molar-refractivity contribution in [3.63, 3.8) is 0 Å². The topological polar surface area (TPSA) is 66.9 Å². The number of para-hydroxylation sites is 2. The van der Waals surface area contributed by atoms with Crippen LogP contribution in [0.4, 0.5) is 11.5 Å². The van der Waals surface area contributed by atoms with Gasteiger partial charge in [-0.25, -0.2) is 4.98 Å². The fourth-order valence-electron chi connectivity index (χ4n) is 3.30. The molecule has 28 heavy (non-hydrogen) atoms. The van der Waals surface area contributed by atoms with E-state index in [0.29, 0.717) is 18.7 Å². The summed E-state index contributed by atoms with van der Waals surface area (Å²) in [5.74, 6) is 1.70. The molecule has 1 N–H and O–H groups in total. The maximum absolute atomic E-state index is 12.1. The molecule has 1 aromatic heterocycles. The van der Waals surface area contributed by atoms with Gasteiger partial charge in [-0.1, -0.05) is 12.1 Å². The number of aromatic nitrogens is 1. The van der Waals surface area contributed by atoms with Crippen LogP contribution in [0, 0.1) is 0 Å². The first-order valence-electron chi connectivity index (χ1n) is 9.59. The number of benzene rings is 1. The van der Waals surface area contributed by atoms with Crippen molar-refractivity contribution in [2.24, 2.45) is 0 Å². The number of nitrogens with one attached hydrogen (secondary N) is 1. The van der Waals surface area contributed by atoms with Crippen LogP contribution in [0.25, 0.3) is 0 Å². The number of rotatable bonds is 8. The molecule has 3 rings (SSSR count). The van der Waals surface area contributed by atoms with Crippen molar-refractivity contribution >= 4 is 17.4 Å². The summed E-state index contributed by atoms with van der Waals surface area (Å²) in [4.78, 5) is 21.2. The van der Waals surface area contributed by atoms with Crippen molar-refractivity contribution in [3.8, 4) is 5.75 Å². The zero-order chi connectivity index (χ0) is 19.8. The Morgan fingerprint density at radius 1 is 1.07 bits per heavy atom. The molecule has 150 valence electrons. The molecule has 0 unspecified atom stereocenters. The van der Waals surface area contributed by atoms with Crippen LogP contribution in [0.5, 0.6) is 5.75 Å². The lowest BCUT2D eigenvalue weighted by molar-refractivity contribution is 0.0948. The minimum Gasteiger partial charge on any atom is -0.495 e. The van der Waals surface area contributed by atoms with Crippen molar-refractivity contribution in [1.82, 2.24) is 10.3 Å². The molecule has 7 nitrogen and oxygen atoms in total. The molecule has 1 aliphatic rings. The molecule has 0 aliphatic carbocycles. The highest BCUT2D eigenvalue weighted by Gasteiger charge is 2.20. The summed E-state index contributed by atoms with van der Waals surface area (Å²) in [6.45, 7) is 4.76. The number of ether oxygens (including phenoxy) is 2. The van der Waals surface area contributed by atoms with Gasteiger partial charge in [-0.05, 0) is 30.7 Å². The van der Waals surface area contributed by atoms with Crippen LogP contribution >= 0.6 is 0 Å². The normalized spacial score (nSPS) is 14.1. The minimum atomic E-state index is -0.101. The van der Waals surface area contributed by atoms with Gasteiger partial charge >= 0.3 is 0 Å². The van der Waals surface area contributed by atoms with E-state index in [2.05, 4.69) is 26.2 Å².